The molecule has 2 aromatic carbocycles. The molecule has 1 fully saturated rings. The second kappa shape index (κ2) is 10.8. The van der Waals surface area contributed by atoms with Crippen molar-refractivity contribution in [1.29, 1.82) is 0 Å². The average Bonchev–Trinajstić information content (AvgIpc) is 3.02. The van der Waals surface area contributed by atoms with Gasteiger partial charge in [0.15, 0.2) is 0 Å². The monoisotopic (exact) mass is 443 g/mol. The molecule has 0 N–H and O–H groups in total. The zero-order valence-corrected chi connectivity index (χ0v) is 17.8. The van der Waals surface area contributed by atoms with E-state index in [-0.39, 0.29) is 23.9 Å². The molecule has 1 saturated heterocycles. The SMILES string of the molecule is CCCCOC(=O)CN1C(=O)S/C(=C\c2ccccc2OCc2ccc(F)cc2)C1=O. The smallest absolute Gasteiger partial charge is 0.326 e. The predicted octanol–water partition coefficient (Wildman–Crippen LogP) is 4.78. The van der Waals surface area contributed by atoms with Crippen molar-refractivity contribution in [2.75, 3.05) is 13.2 Å². The fraction of sp³-hybridized carbons (Fsp3) is 0.261. The van der Waals surface area contributed by atoms with E-state index in [0.29, 0.717) is 11.3 Å². The molecule has 0 bridgehead atoms. The van der Waals surface area contributed by atoms with Gasteiger partial charge in [0, 0.05) is 5.56 Å². The van der Waals surface area contributed by atoms with E-state index in [1.165, 1.54) is 12.1 Å². The van der Waals surface area contributed by atoms with Gasteiger partial charge >= 0.3 is 5.97 Å². The second-order valence-electron chi connectivity index (χ2n) is 6.79. The van der Waals surface area contributed by atoms with Crippen molar-refractivity contribution < 1.29 is 28.2 Å². The topological polar surface area (TPSA) is 72.9 Å². The minimum absolute atomic E-state index is 0.198. The zero-order valence-electron chi connectivity index (χ0n) is 17.0. The average molecular weight is 443 g/mol. The van der Waals surface area contributed by atoms with E-state index in [0.717, 1.165) is 35.1 Å². The third-order valence-corrected chi connectivity index (χ3v) is 5.34. The highest BCUT2D eigenvalue weighted by Crippen LogP contribution is 2.34. The number of hydrogen-bond acceptors (Lipinski definition) is 6. The summed E-state index contributed by atoms with van der Waals surface area (Å²) < 4.78 is 23.9. The molecule has 1 aliphatic rings. The quantitative estimate of drug-likeness (QED) is 0.315. The summed E-state index contributed by atoms with van der Waals surface area (Å²) in [4.78, 5) is 37.8. The van der Waals surface area contributed by atoms with Crippen LogP contribution < -0.4 is 4.74 Å². The number of ether oxygens (including phenoxy) is 2. The van der Waals surface area contributed by atoms with Gasteiger partial charge in [-0.2, -0.15) is 0 Å². The number of amides is 2. The Hall–Kier alpha value is -3.13. The van der Waals surface area contributed by atoms with Crippen molar-refractivity contribution in [2.24, 2.45) is 0 Å². The molecule has 1 heterocycles. The van der Waals surface area contributed by atoms with Gasteiger partial charge in [-0.05, 0) is 48.0 Å². The molecule has 2 aromatic rings. The number of halogens is 1. The predicted molar refractivity (Wildman–Crippen MR) is 116 cm³/mol. The van der Waals surface area contributed by atoms with Crippen LogP contribution in [0.2, 0.25) is 0 Å². The van der Waals surface area contributed by atoms with Crippen LogP contribution >= 0.6 is 11.8 Å². The van der Waals surface area contributed by atoms with E-state index >= 15 is 0 Å². The Morgan fingerprint density at radius 3 is 2.61 bits per heavy atom. The minimum Gasteiger partial charge on any atom is -0.488 e. The van der Waals surface area contributed by atoms with Crippen LogP contribution in [0.3, 0.4) is 0 Å². The first kappa shape index (κ1) is 22.6. The van der Waals surface area contributed by atoms with Crippen LogP contribution in [0.1, 0.15) is 30.9 Å². The van der Waals surface area contributed by atoms with Gasteiger partial charge in [0.05, 0.1) is 11.5 Å². The maximum atomic E-state index is 13.1. The molecule has 162 valence electrons. The molecule has 31 heavy (non-hydrogen) atoms. The van der Waals surface area contributed by atoms with Crippen LogP contribution in [0, 0.1) is 5.82 Å². The number of unbranched alkanes of at least 4 members (excludes halogenated alkanes) is 1. The first-order valence-corrected chi connectivity index (χ1v) is 10.7. The number of imide groups is 1. The number of hydrogen-bond donors (Lipinski definition) is 0. The lowest BCUT2D eigenvalue weighted by Gasteiger charge is -2.12. The summed E-state index contributed by atoms with van der Waals surface area (Å²) in [5, 5.41) is -0.520. The van der Waals surface area contributed by atoms with Crippen LogP contribution in [0.15, 0.2) is 53.4 Å². The highest BCUT2D eigenvalue weighted by Gasteiger charge is 2.36. The largest absolute Gasteiger partial charge is 0.488 e. The molecule has 0 radical (unpaired) electrons. The van der Waals surface area contributed by atoms with E-state index in [2.05, 4.69) is 0 Å². The third-order valence-electron chi connectivity index (χ3n) is 4.43. The maximum Gasteiger partial charge on any atom is 0.326 e. The van der Waals surface area contributed by atoms with E-state index in [1.54, 1.807) is 42.5 Å². The van der Waals surface area contributed by atoms with Crippen molar-refractivity contribution in [3.05, 3.63) is 70.4 Å². The van der Waals surface area contributed by atoms with Gasteiger partial charge in [0.25, 0.3) is 11.1 Å². The molecule has 2 amide bonds. The summed E-state index contributed by atoms with van der Waals surface area (Å²) in [6.07, 6.45) is 3.16. The molecule has 0 atom stereocenters. The van der Waals surface area contributed by atoms with E-state index < -0.39 is 23.7 Å². The van der Waals surface area contributed by atoms with E-state index in [4.69, 9.17) is 9.47 Å². The number of nitrogens with zero attached hydrogens (tertiary/aromatic N) is 1. The van der Waals surface area contributed by atoms with Crippen LogP contribution in [0.25, 0.3) is 6.08 Å². The van der Waals surface area contributed by atoms with E-state index in [1.807, 2.05) is 6.92 Å². The van der Waals surface area contributed by atoms with Crippen LogP contribution in [-0.2, 0) is 20.9 Å². The van der Waals surface area contributed by atoms with Crippen LogP contribution in [0.5, 0.6) is 5.75 Å². The highest BCUT2D eigenvalue weighted by atomic mass is 32.2. The van der Waals surface area contributed by atoms with Crippen molar-refractivity contribution in [2.45, 2.75) is 26.4 Å². The molecular weight excluding hydrogens is 421 g/mol. The first-order chi connectivity index (χ1) is 15.0. The number of rotatable bonds is 9. The molecule has 1 aliphatic heterocycles. The Morgan fingerprint density at radius 1 is 1.13 bits per heavy atom. The summed E-state index contributed by atoms with van der Waals surface area (Å²) in [6, 6.07) is 13.0. The number of benzene rings is 2. The molecule has 0 unspecified atom stereocenters. The molecule has 0 aliphatic carbocycles. The molecule has 0 spiro atoms. The van der Waals surface area contributed by atoms with Gasteiger partial charge in [-0.15, -0.1) is 0 Å². The Balaban J connectivity index is 1.68. The van der Waals surface area contributed by atoms with Gasteiger partial charge in [-0.1, -0.05) is 43.7 Å². The Labute approximate surface area is 184 Å². The van der Waals surface area contributed by atoms with Crippen molar-refractivity contribution in [3.8, 4) is 5.75 Å². The molecule has 0 saturated carbocycles. The van der Waals surface area contributed by atoms with Gasteiger partial charge in [0.1, 0.15) is 24.7 Å². The Kier molecular flexibility index (Phi) is 7.83. The minimum atomic E-state index is -0.611. The molecule has 0 aromatic heterocycles. The molecular formula is C23H22FNO5S. The van der Waals surface area contributed by atoms with Crippen molar-refractivity contribution >= 4 is 35.0 Å². The van der Waals surface area contributed by atoms with Gasteiger partial charge in [-0.3, -0.25) is 19.3 Å². The van der Waals surface area contributed by atoms with Gasteiger partial charge in [0.2, 0.25) is 0 Å². The van der Waals surface area contributed by atoms with Gasteiger partial charge in [-0.25, -0.2) is 4.39 Å². The lowest BCUT2D eigenvalue weighted by atomic mass is 10.1. The fourth-order valence-electron chi connectivity index (χ4n) is 2.76. The summed E-state index contributed by atoms with van der Waals surface area (Å²) in [7, 11) is 0. The lowest BCUT2D eigenvalue weighted by Crippen LogP contribution is -2.34. The van der Waals surface area contributed by atoms with Crippen molar-refractivity contribution in [3.63, 3.8) is 0 Å². The first-order valence-electron chi connectivity index (χ1n) is 9.85. The summed E-state index contributed by atoms with van der Waals surface area (Å²) in [6.45, 7) is 2.04. The standard InChI is InChI=1S/C23H22FNO5S/c1-2-3-12-29-21(26)14-25-22(27)20(31-23(25)28)13-17-6-4-5-7-19(17)30-15-16-8-10-18(24)11-9-16/h4-11,13H,2-3,12,14-15H2,1H3/b20-13-. The van der Waals surface area contributed by atoms with Crippen molar-refractivity contribution in [1.82, 2.24) is 4.90 Å². The van der Waals surface area contributed by atoms with Gasteiger partial charge < -0.3 is 9.47 Å². The molecule has 8 heteroatoms. The Bertz CT molecular complexity index is 990. The third kappa shape index (κ3) is 6.18. The number of carbonyl (C=O) groups is 3. The highest BCUT2D eigenvalue weighted by molar-refractivity contribution is 8.18. The van der Waals surface area contributed by atoms with Crippen LogP contribution in [-0.4, -0.2) is 35.2 Å². The van der Waals surface area contributed by atoms with E-state index in [9.17, 15) is 18.8 Å². The summed E-state index contributed by atoms with van der Waals surface area (Å²) in [5.41, 5.74) is 1.40. The number of carbonyl (C=O) groups excluding carboxylic acids is 3. The second-order valence-corrected chi connectivity index (χ2v) is 7.79. The van der Waals surface area contributed by atoms with Crippen LogP contribution in [0.4, 0.5) is 9.18 Å². The molecule has 3 rings (SSSR count). The number of para-hydroxylation sites is 1. The fourth-order valence-corrected chi connectivity index (χ4v) is 3.58. The summed E-state index contributed by atoms with van der Waals surface area (Å²) >= 11 is 0.765. The maximum absolute atomic E-state index is 13.1. The number of thioether (sulfide) groups is 1. The normalized spacial score (nSPS) is 14.9. The zero-order chi connectivity index (χ0) is 22.2. The Morgan fingerprint density at radius 2 is 1.87 bits per heavy atom. The summed E-state index contributed by atoms with van der Waals surface area (Å²) in [5.74, 6) is -0.970. The molecule has 6 nitrogen and oxygen atoms in total. The number of esters is 1. The lowest BCUT2D eigenvalue weighted by molar-refractivity contribution is -0.146.